The Kier molecular flexibility index (Phi) is 4.79. The Bertz CT molecular complexity index is 461. The smallest absolute Gasteiger partial charge is 0.337 e. The number of hydrogen-bond donors (Lipinski definition) is 3. The average molecular weight is 254 g/mol. The monoisotopic (exact) mass is 254 g/mol. The summed E-state index contributed by atoms with van der Waals surface area (Å²) in [7, 11) is 0. The van der Waals surface area contributed by atoms with Crippen molar-refractivity contribution in [1.82, 2.24) is 5.32 Å². The second-order valence-electron chi connectivity index (χ2n) is 4.08. The van der Waals surface area contributed by atoms with E-state index in [9.17, 15) is 14.0 Å². The Hall–Kier alpha value is -1.95. The fourth-order valence-electron chi connectivity index (χ4n) is 1.29. The number of amides is 1. The molecule has 6 heteroatoms. The van der Waals surface area contributed by atoms with E-state index >= 15 is 0 Å². The molecule has 18 heavy (non-hydrogen) atoms. The van der Waals surface area contributed by atoms with Gasteiger partial charge in [0.05, 0.1) is 17.8 Å². The summed E-state index contributed by atoms with van der Waals surface area (Å²) >= 11 is 0. The van der Waals surface area contributed by atoms with Crippen LogP contribution in [0.15, 0.2) is 18.2 Å². The van der Waals surface area contributed by atoms with Crippen LogP contribution < -0.4 is 10.6 Å². The van der Waals surface area contributed by atoms with Crippen molar-refractivity contribution in [3.05, 3.63) is 29.6 Å². The van der Waals surface area contributed by atoms with E-state index < -0.39 is 11.8 Å². The number of rotatable bonds is 5. The summed E-state index contributed by atoms with van der Waals surface area (Å²) in [5, 5.41) is 14.2. The highest BCUT2D eigenvalue weighted by atomic mass is 19.1. The molecule has 1 aromatic carbocycles. The minimum absolute atomic E-state index is 0.0636. The molecule has 0 bridgehead atoms. The van der Waals surface area contributed by atoms with E-state index in [0.29, 0.717) is 0 Å². The van der Waals surface area contributed by atoms with Gasteiger partial charge >= 0.3 is 5.97 Å². The van der Waals surface area contributed by atoms with Gasteiger partial charge in [0.2, 0.25) is 5.91 Å². The van der Waals surface area contributed by atoms with Crippen molar-refractivity contribution < 1.29 is 19.1 Å². The first-order chi connectivity index (χ1) is 8.40. The zero-order valence-electron chi connectivity index (χ0n) is 10.2. The molecule has 0 aliphatic rings. The number of benzene rings is 1. The Morgan fingerprint density at radius 3 is 2.61 bits per heavy atom. The van der Waals surface area contributed by atoms with Gasteiger partial charge in [0.1, 0.15) is 5.82 Å². The quantitative estimate of drug-likeness (QED) is 0.743. The summed E-state index contributed by atoms with van der Waals surface area (Å²) in [5.74, 6) is -2.33. The Morgan fingerprint density at radius 1 is 1.39 bits per heavy atom. The maximum Gasteiger partial charge on any atom is 0.337 e. The molecule has 5 nitrogen and oxygen atoms in total. The van der Waals surface area contributed by atoms with Crippen LogP contribution >= 0.6 is 0 Å². The molecule has 0 unspecified atom stereocenters. The van der Waals surface area contributed by atoms with Gasteiger partial charge in [-0.05, 0) is 18.2 Å². The third-order valence-electron chi connectivity index (χ3n) is 2.16. The van der Waals surface area contributed by atoms with E-state index in [0.717, 1.165) is 12.1 Å². The fourth-order valence-corrected chi connectivity index (χ4v) is 1.29. The molecule has 0 heterocycles. The van der Waals surface area contributed by atoms with Crippen LogP contribution in [0.4, 0.5) is 10.1 Å². The van der Waals surface area contributed by atoms with Crippen LogP contribution in [0.2, 0.25) is 0 Å². The maximum absolute atomic E-state index is 12.9. The van der Waals surface area contributed by atoms with Gasteiger partial charge < -0.3 is 15.7 Å². The highest BCUT2D eigenvalue weighted by Gasteiger charge is 2.13. The average Bonchev–Trinajstić information content (AvgIpc) is 2.28. The Labute approximate surface area is 104 Å². The molecule has 0 spiro atoms. The van der Waals surface area contributed by atoms with Crippen LogP contribution in [0.25, 0.3) is 0 Å². The largest absolute Gasteiger partial charge is 0.478 e. The molecule has 0 aliphatic carbocycles. The summed E-state index contributed by atoms with van der Waals surface area (Å²) in [6, 6.07) is 3.33. The number of carbonyl (C=O) groups excluding carboxylic acids is 1. The highest BCUT2D eigenvalue weighted by Crippen LogP contribution is 2.16. The lowest BCUT2D eigenvalue weighted by molar-refractivity contribution is -0.115. The van der Waals surface area contributed by atoms with Crippen LogP contribution in [0.1, 0.15) is 24.2 Å². The van der Waals surface area contributed by atoms with Gasteiger partial charge in [-0.3, -0.25) is 4.79 Å². The molecule has 0 saturated heterocycles. The first-order valence-electron chi connectivity index (χ1n) is 5.46. The lowest BCUT2D eigenvalue weighted by Crippen LogP contribution is -2.33. The summed E-state index contributed by atoms with van der Waals surface area (Å²) in [5.41, 5.74) is -0.188. The Morgan fingerprint density at radius 2 is 2.06 bits per heavy atom. The number of anilines is 1. The second kappa shape index (κ2) is 6.11. The van der Waals surface area contributed by atoms with Crippen molar-refractivity contribution >= 4 is 17.6 Å². The maximum atomic E-state index is 12.9. The predicted molar refractivity (Wildman–Crippen MR) is 65.1 cm³/mol. The van der Waals surface area contributed by atoms with Crippen molar-refractivity contribution in [1.29, 1.82) is 0 Å². The van der Waals surface area contributed by atoms with Crippen molar-refractivity contribution in [3.8, 4) is 0 Å². The van der Waals surface area contributed by atoms with E-state index in [1.165, 1.54) is 6.07 Å². The van der Waals surface area contributed by atoms with Gasteiger partial charge in [-0.25, -0.2) is 9.18 Å². The third-order valence-corrected chi connectivity index (χ3v) is 2.16. The molecule has 0 atom stereocenters. The van der Waals surface area contributed by atoms with E-state index in [4.69, 9.17) is 5.11 Å². The molecule has 0 aromatic heterocycles. The molecule has 1 amide bonds. The van der Waals surface area contributed by atoms with Crippen LogP contribution in [-0.4, -0.2) is 29.6 Å². The molecule has 0 saturated carbocycles. The number of halogens is 1. The number of nitrogens with one attached hydrogen (secondary N) is 2. The van der Waals surface area contributed by atoms with Crippen molar-refractivity contribution in [2.75, 3.05) is 11.9 Å². The minimum atomic E-state index is -1.29. The fraction of sp³-hybridized carbons (Fsp3) is 0.333. The van der Waals surface area contributed by atoms with Gasteiger partial charge in [0.25, 0.3) is 0 Å². The number of aromatic carboxylic acids is 1. The van der Waals surface area contributed by atoms with Gasteiger partial charge in [-0.1, -0.05) is 13.8 Å². The molecule has 0 fully saturated rings. The van der Waals surface area contributed by atoms with E-state index in [-0.39, 0.29) is 29.7 Å². The van der Waals surface area contributed by atoms with Gasteiger partial charge in [0, 0.05) is 6.04 Å². The van der Waals surface area contributed by atoms with Gasteiger partial charge in [-0.2, -0.15) is 0 Å². The minimum Gasteiger partial charge on any atom is -0.478 e. The summed E-state index contributed by atoms with van der Waals surface area (Å²) < 4.78 is 12.9. The lowest BCUT2D eigenvalue weighted by atomic mass is 10.1. The SMILES string of the molecule is CC(C)NCC(=O)Nc1ccc(F)cc1C(=O)O. The highest BCUT2D eigenvalue weighted by molar-refractivity contribution is 6.01. The second-order valence-corrected chi connectivity index (χ2v) is 4.08. The zero-order valence-corrected chi connectivity index (χ0v) is 10.2. The zero-order chi connectivity index (χ0) is 13.7. The number of carbonyl (C=O) groups is 2. The van der Waals surface area contributed by atoms with E-state index in [1.807, 2.05) is 13.8 Å². The van der Waals surface area contributed by atoms with Gasteiger partial charge in [0.15, 0.2) is 0 Å². The van der Waals surface area contributed by atoms with Crippen LogP contribution in [-0.2, 0) is 4.79 Å². The topological polar surface area (TPSA) is 78.4 Å². The van der Waals surface area contributed by atoms with Crippen molar-refractivity contribution in [3.63, 3.8) is 0 Å². The molecule has 98 valence electrons. The molecule has 0 aliphatic heterocycles. The van der Waals surface area contributed by atoms with Crippen molar-refractivity contribution in [2.24, 2.45) is 0 Å². The van der Waals surface area contributed by atoms with E-state index in [2.05, 4.69) is 10.6 Å². The normalized spacial score (nSPS) is 10.4. The molecule has 1 rings (SSSR count). The predicted octanol–water partition coefficient (Wildman–Crippen LogP) is 1.46. The molecule has 0 radical (unpaired) electrons. The summed E-state index contributed by atoms with van der Waals surface area (Å²) in [6.45, 7) is 3.83. The van der Waals surface area contributed by atoms with Crippen LogP contribution in [0.3, 0.4) is 0 Å². The molecular formula is C12H15FN2O3. The lowest BCUT2D eigenvalue weighted by Gasteiger charge is -2.10. The number of hydrogen-bond acceptors (Lipinski definition) is 3. The first kappa shape index (κ1) is 14.1. The molecular weight excluding hydrogens is 239 g/mol. The number of carboxylic acid groups (broad SMARTS) is 1. The van der Waals surface area contributed by atoms with Crippen LogP contribution in [0.5, 0.6) is 0 Å². The van der Waals surface area contributed by atoms with Crippen LogP contribution in [0, 0.1) is 5.82 Å². The van der Waals surface area contributed by atoms with Gasteiger partial charge in [-0.15, -0.1) is 0 Å². The summed E-state index contributed by atoms with van der Waals surface area (Å²) in [4.78, 5) is 22.4. The first-order valence-corrected chi connectivity index (χ1v) is 5.46. The number of carboxylic acids is 1. The third kappa shape index (κ3) is 4.14. The Balaban J connectivity index is 2.78. The molecule has 3 N–H and O–H groups in total. The standard InChI is InChI=1S/C12H15FN2O3/c1-7(2)14-6-11(16)15-10-4-3-8(13)5-9(10)12(17)18/h3-5,7,14H,6H2,1-2H3,(H,15,16)(H,17,18). The molecule has 1 aromatic rings. The van der Waals surface area contributed by atoms with E-state index in [1.54, 1.807) is 0 Å². The van der Waals surface area contributed by atoms with Crippen molar-refractivity contribution in [2.45, 2.75) is 19.9 Å². The summed E-state index contributed by atoms with van der Waals surface area (Å²) in [6.07, 6.45) is 0.